The minimum Gasteiger partial charge on any atom is -0.355 e. The quantitative estimate of drug-likeness (QED) is 0.736. The minimum atomic E-state index is -4.25. The van der Waals surface area contributed by atoms with E-state index in [1.807, 2.05) is 6.92 Å². The van der Waals surface area contributed by atoms with Crippen LogP contribution in [0.5, 0.6) is 0 Å². The van der Waals surface area contributed by atoms with E-state index in [0.717, 1.165) is 6.42 Å². The first-order valence-corrected chi connectivity index (χ1v) is 5.00. The van der Waals surface area contributed by atoms with E-state index >= 15 is 0 Å². The van der Waals surface area contributed by atoms with Crippen LogP contribution in [-0.4, -0.2) is 30.7 Å². The van der Waals surface area contributed by atoms with Crippen molar-refractivity contribution in [1.82, 2.24) is 10.6 Å². The van der Waals surface area contributed by atoms with E-state index in [-0.39, 0.29) is 25.3 Å². The van der Waals surface area contributed by atoms with Crippen molar-refractivity contribution in [3.8, 4) is 0 Å². The zero-order chi connectivity index (χ0) is 11.5. The number of hydrogen-bond acceptors (Lipinski definition) is 2. The molecule has 1 amide bonds. The lowest BCUT2D eigenvalue weighted by Crippen LogP contribution is -2.48. The van der Waals surface area contributed by atoms with Gasteiger partial charge in [0.15, 0.2) is 0 Å². The molecule has 15 heavy (non-hydrogen) atoms. The Morgan fingerprint density at radius 3 is 2.40 bits per heavy atom. The number of rotatable bonds is 5. The summed E-state index contributed by atoms with van der Waals surface area (Å²) in [5.74, 6) is -0.382. The maximum atomic E-state index is 12.4. The number of hydrogen-bond donors (Lipinski definition) is 2. The number of carbonyl (C=O) groups is 1. The zero-order valence-corrected chi connectivity index (χ0v) is 8.58. The third-order valence-corrected chi connectivity index (χ3v) is 2.45. The highest BCUT2D eigenvalue weighted by Crippen LogP contribution is 2.48. The molecule has 1 aliphatic rings. The van der Waals surface area contributed by atoms with Crippen molar-refractivity contribution in [3.05, 3.63) is 0 Å². The smallest absolute Gasteiger partial charge is 0.355 e. The van der Waals surface area contributed by atoms with E-state index in [1.54, 1.807) is 0 Å². The van der Waals surface area contributed by atoms with E-state index in [2.05, 4.69) is 10.6 Å². The molecular formula is C9H15F3N2O. The van der Waals surface area contributed by atoms with Crippen molar-refractivity contribution in [1.29, 1.82) is 0 Å². The van der Waals surface area contributed by atoms with E-state index in [4.69, 9.17) is 0 Å². The first-order chi connectivity index (χ1) is 6.91. The molecule has 88 valence electrons. The monoisotopic (exact) mass is 224 g/mol. The summed E-state index contributed by atoms with van der Waals surface area (Å²) in [5.41, 5.74) is -1.80. The average molecular weight is 224 g/mol. The second-order valence-corrected chi connectivity index (χ2v) is 3.78. The Balaban J connectivity index is 2.28. The molecule has 0 aromatic rings. The molecule has 1 fully saturated rings. The summed E-state index contributed by atoms with van der Waals surface area (Å²) in [7, 11) is 0. The van der Waals surface area contributed by atoms with Crippen LogP contribution in [0, 0.1) is 0 Å². The molecule has 0 heterocycles. The van der Waals surface area contributed by atoms with Crippen LogP contribution in [0.1, 0.15) is 26.2 Å². The van der Waals surface area contributed by atoms with Crippen molar-refractivity contribution < 1.29 is 18.0 Å². The van der Waals surface area contributed by atoms with E-state index in [0.29, 0.717) is 6.54 Å². The Labute approximate surface area is 86.4 Å². The highest BCUT2D eigenvalue weighted by Gasteiger charge is 2.63. The standard InChI is InChI=1S/C9H15F3N2O/c1-2-5-13-7(15)6-14-8(3-4-8)9(10,11)12/h14H,2-6H2,1H3,(H,13,15). The summed E-state index contributed by atoms with van der Waals surface area (Å²) >= 11 is 0. The highest BCUT2D eigenvalue weighted by atomic mass is 19.4. The predicted molar refractivity (Wildman–Crippen MR) is 49.3 cm³/mol. The molecule has 3 nitrogen and oxygen atoms in total. The number of nitrogens with one attached hydrogen (secondary N) is 2. The maximum absolute atomic E-state index is 12.4. The van der Waals surface area contributed by atoms with Gasteiger partial charge in [-0.3, -0.25) is 10.1 Å². The molecule has 0 unspecified atom stereocenters. The molecule has 0 bridgehead atoms. The van der Waals surface area contributed by atoms with E-state index in [1.165, 1.54) is 0 Å². The zero-order valence-electron chi connectivity index (χ0n) is 8.58. The molecule has 1 saturated carbocycles. The Bertz CT molecular complexity index is 236. The SMILES string of the molecule is CCCNC(=O)CNC1(C(F)(F)F)CC1. The lowest BCUT2D eigenvalue weighted by atomic mass is 10.2. The van der Waals surface area contributed by atoms with Crippen molar-refractivity contribution in [2.24, 2.45) is 0 Å². The fourth-order valence-electron chi connectivity index (χ4n) is 1.26. The second kappa shape index (κ2) is 4.38. The normalized spacial score (nSPS) is 18.7. The molecule has 1 rings (SSSR count). The van der Waals surface area contributed by atoms with Crippen molar-refractivity contribution >= 4 is 5.91 Å². The van der Waals surface area contributed by atoms with Gasteiger partial charge >= 0.3 is 6.18 Å². The molecule has 2 N–H and O–H groups in total. The van der Waals surface area contributed by atoms with Crippen LogP contribution in [0.3, 0.4) is 0 Å². The van der Waals surface area contributed by atoms with Gasteiger partial charge in [-0.25, -0.2) is 0 Å². The van der Waals surface area contributed by atoms with Gasteiger partial charge in [0.25, 0.3) is 0 Å². The van der Waals surface area contributed by atoms with Gasteiger partial charge in [0, 0.05) is 6.54 Å². The lowest BCUT2D eigenvalue weighted by Gasteiger charge is -2.20. The van der Waals surface area contributed by atoms with Crippen molar-refractivity contribution in [2.45, 2.75) is 37.9 Å². The fraction of sp³-hybridized carbons (Fsp3) is 0.889. The summed E-state index contributed by atoms with van der Waals surface area (Å²) in [5, 5.41) is 4.80. The fourth-order valence-corrected chi connectivity index (χ4v) is 1.26. The van der Waals surface area contributed by atoms with Crippen molar-refractivity contribution in [2.75, 3.05) is 13.1 Å². The third-order valence-electron chi connectivity index (χ3n) is 2.45. The Morgan fingerprint density at radius 1 is 1.40 bits per heavy atom. The van der Waals surface area contributed by atoms with Gasteiger partial charge in [-0.1, -0.05) is 6.92 Å². The molecule has 6 heteroatoms. The molecule has 0 aromatic heterocycles. The molecule has 0 saturated heterocycles. The van der Waals surface area contributed by atoms with Gasteiger partial charge in [-0.2, -0.15) is 13.2 Å². The van der Waals surface area contributed by atoms with Gasteiger partial charge in [-0.05, 0) is 19.3 Å². The molecule has 0 aliphatic heterocycles. The summed E-state index contributed by atoms with van der Waals surface area (Å²) in [6, 6.07) is 0. The number of alkyl halides is 3. The molecule has 1 aliphatic carbocycles. The first kappa shape index (κ1) is 12.3. The third kappa shape index (κ3) is 3.09. The van der Waals surface area contributed by atoms with Crippen LogP contribution in [0.25, 0.3) is 0 Å². The topological polar surface area (TPSA) is 41.1 Å². The highest BCUT2D eigenvalue weighted by molar-refractivity contribution is 5.78. The maximum Gasteiger partial charge on any atom is 0.406 e. The number of carbonyl (C=O) groups excluding carboxylic acids is 1. The molecule has 0 radical (unpaired) electrons. The number of halogens is 3. The van der Waals surface area contributed by atoms with Crippen LogP contribution in [0.4, 0.5) is 13.2 Å². The molecular weight excluding hydrogens is 209 g/mol. The van der Waals surface area contributed by atoms with E-state index in [9.17, 15) is 18.0 Å². The Hall–Kier alpha value is -0.780. The summed E-state index contributed by atoms with van der Waals surface area (Å²) in [6.07, 6.45) is -3.34. The average Bonchev–Trinajstić information content (AvgIpc) is 2.91. The summed E-state index contributed by atoms with van der Waals surface area (Å²) in [4.78, 5) is 11.1. The van der Waals surface area contributed by atoms with Gasteiger partial charge < -0.3 is 5.32 Å². The summed E-state index contributed by atoms with van der Waals surface area (Å²) < 4.78 is 37.2. The lowest BCUT2D eigenvalue weighted by molar-refractivity contribution is -0.166. The molecule has 0 spiro atoms. The van der Waals surface area contributed by atoms with Crippen LogP contribution < -0.4 is 10.6 Å². The minimum absolute atomic E-state index is 0.0670. The predicted octanol–water partition coefficient (Wildman–Crippen LogP) is 1.20. The van der Waals surface area contributed by atoms with Gasteiger partial charge in [0.05, 0.1) is 6.54 Å². The molecule has 0 atom stereocenters. The van der Waals surface area contributed by atoms with Crippen LogP contribution in [-0.2, 0) is 4.79 Å². The van der Waals surface area contributed by atoms with Crippen LogP contribution in [0.15, 0.2) is 0 Å². The van der Waals surface area contributed by atoms with Crippen molar-refractivity contribution in [3.63, 3.8) is 0 Å². The van der Waals surface area contributed by atoms with Gasteiger partial charge in [0.2, 0.25) is 5.91 Å². The Kier molecular flexibility index (Phi) is 3.59. The molecule has 0 aromatic carbocycles. The van der Waals surface area contributed by atoms with Gasteiger partial charge in [0.1, 0.15) is 5.54 Å². The number of amides is 1. The largest absolute Gasteiger partial charge is 0.406 e. The van der Waals surface area contributed by atoms with E-state index < -0.39 is 11.7 Å². The van der Waals surface area contributed by atoms with Gasteiger partial charge in [-0.15, -0.1) is 0 Å². The second-order valence-electron chi connectivity index (χ2n) is 3.78. The first-order valence-electron chi connectivity index (χ1n) is 5.00. The van der Waals surface area contributed by atoms with Crippen LogP contribution >= 0.6 is 0 Å². The van der Waals surface area contributed by atoms with Crippen LogP contribution in [0.2, 0.25) is 0 Å². The summed E-state index contributed by atoms with van der Waals surface area (Å²) in [6.45, 7) is 2.12. The Morgan fingerprint density at radius 2 is 2.00 bits per heavy atom.